The highest BCUT2D eigenvalue weighted by atomic mass is 16.6. The van der Waals surface area contributed by atoms with Gasteiger partial charge in [-0.1, -0.05) is 6.07 Å². The molecule has 1 unspecified atom stereocenters. The normalized spacial score (nSPS) is 18.3. The lowest BCUT2D eigenvalue weighted by molar-refractivity contribution is 0.383. The third kappa shape index (κ3) is 2.14. The van der Waals surface area contributed by atoms with Crippen LogP contribution in [0.3, 0.4) is 0 Å². The zero-order valence-electron chi connectivity index (χ0n) is 10.2. The first-order valence-electron chi connectivity index (χ1n) is 5.84. The van der Waals surface area contributed by atoms with Crippen molar-refractivity contribution in [3.63, 3.8) is 0 Å². The van der Waals surface area contributed by atoms with E-state index in [0.717, 1.165) is 25.4 Å². The average molecular weight is 221 g/mol. The van der Waals surface area contributed by atoms with Gasteiger partial charge in [-0.15, -0.1) is 0 Å². The molecule has 1 aromatic rings. The largest absolute Gasteiger partial charge is 0.496 e. The molecule has 16 heavy (non-hydrogen) atoms. The molecule has 1 aliphatic heterocycles. The second-order valence-corrected chi connectivity index (χ2v) is 3.92. The van der Waals surface area contributed by atoms with Crippen LogP contribution in [0.15, 0.2) is 18.2 Å². The topological polar surface area (TPSA) is 25.0 Å². The van der Waals surface area contributed by atoms with E-state index in [1.54, 1.807) is 7.11 Å². The lowest BCUT2D eigenvalue weighted by Crippen LogP contribution is -2.21. The summed E-state index contributed by atoms with van der Waals surface area (Å²) in [7, 11) is 1.72. The van der Waals surface area contributed by atoms with Crippen molar-refractivity contribution in [3.8, 4) is 5.75 Å². The Morgan fingerprint density at radius 3 is 2.56 bits per heavy atom. The van der Waals surface area contributed by atoms with E-state index in [2.05, 4.69) is 36.9 Å². The van der Waals surface area contributed by atoms with Crippen LogP contribution in [-0.2, 0) is 4.74 Å². The summed E-state index contributed by atoms with van der Waals surface area (Å²) >= 11 is 0. The van der Waals surface area contributed by atoms with E-state index in [0.29, 0.717) is 0 Å². The molecule has 3 nitrogen and oxygen atoms in total. The van der Waals surface area contributed by atoms with Crippen LogP contribution in [0.25, 0.3) is 0 Å². The third-order valence-electron chi connectivity index (χ3n) is 3.03. The molecule has 0 amide bonds. The van der Waals surface area contributed by atoms with E-state index in [4.69, 9.17) is 9.47 Å². The number of hydrogen-bond donors (Lipinski definition) is 0. The van der Waals surface area contributed by atoms with E-state index in [1.807, 2.05) is 0 Å². The first-order chi connectivity index (χ1) is 7.80. The minimum absolute atomic E-state index is 0.251. The van der Waals surface area contributed by atoms with Gasteiger partial charge in [-0.25, -0.2) is 0 Å². The molecule has 1 aliphatic rings. The maximum atomic E-state index is 5.42. The lowest BCUT2D eigenvalue weighted by Gasteiger charge is -2.22. The molecule has 1 fully saturated rings. The molecule has 3 heteroatoms. The van der Waals surface area contributed by atoms with E-state index >= 15 is 0 Å². The standard InChI is InChI=1S/C13H19NO2/c1-4-14(5-2)10-6-7-11(13-9-16-13)12(8-10)15-3/h6-8,13H,4-5,9H2,1-3H3. The highest BCUT2D eigenvalue weighted by Crippen LogP contribution is 2.38. The predicted molar refractivity (Wildman–Crippen MR) is 65.2 cm³/mol. The van der Waals surface area contributed by atoms with Gasteiger partial charge in [0, 0.05) is 30.4 Å². The van der Waals surface area contributed by atoms with Crippen LogP contribution in [0.5, 0.6) is 5.75 Å². The maximum Gasteiger partial charge on any atom is 0.126 e. The number of anilines is 1. The Bertz CT molecular complexity index is 357. The molecule has 0 N–H and O–H groups in total. The molecule has 0 aliphatic carbocycles. The summed E-state index contributed by atoms with van der Waals surface area (Å²) < 4.78 is 10.7. The predicted octanol–water partition coefficient (Wildman–Crippen LogP) is 2.61. The van der Waals surface area contributed by atoms with Crippen LogP contribution < -0.4 is 9.64 Å². The maximum absolute atomic E-state index is 5.42. The van der Waals surface area contributed by atoms with Gasteiger partial charge in [0.05, 0.1) is 13.7 Å². The first-order valence-corrected chi connectivity index (χ1v) is 5.84. The summed E-state index contributed by atoms with van der Waals surface area (Å²) in [6.07, 6.45) is 0.251. The molecular formula is C13H19NO2. The van der Waals surface area contributed by atoms with Crippen LogP contribution in [0.1, 0.15) is 25.5 Å². The van der Waals surface area contributed by atoms with E-state index in [1.165, 1.54) is 11.3 Å². The number of nitrogens with zero attached hydrogens (tertiary/aromatic N) is 1. The van der Waals surface area contributed by atoms with Gasteiger partial charge < -0.3 is 14.4 Å². The van der Waals surface area contributed by atoms with Crippen LogP contribution in [0.2, 0.25) is 0 Å². The zero-order chi connectivity index (χ0) is 11.5. The fourth-order valence-corrected chi connectivity index (χ4v) is 1.98. The van der Waals surface area contributed by atoms with Gasteiger partial charge in [-0.3, -0.25) is 0 Å². The number of rotatable bonds is 5. The Kier molecular flexibility index (Phi) is 3.34. The molecule has 2 rings (SSSR count). The summed E-state index contributed by atoms with van der Waals surface area (Å²) in [5.74, 6) is 0.937. The van der Waals surface area contributed by atoms with E-state index in [9.17, 15) is 0 Å². The second-order valence-electron chi connectivity index (χ2n) is 3.92. The molecule has 0 spiro atoms. The Morgan fingerprint density at radius 1 is 1.38 bits per heavy atom. The van der Waals surface area contributed by atoms with Gasteiger partial charge in [-0.05, 0) is 19.9 Å². The summed E-state index contributed by atoms with van der Waals surface area (Å²) in [5, 5.41) is 0. The van der Waals surface area contributed by atoms with Crippen molar-refractivity contribution < 1.29 is 9.47 Å². The molecule has 1 heterocycles. The molecular weight excluding hydrogens is 202 g/mol. The Morgan fingerprint density at radius 2 is 2.06 bits per heavy atom. The number of epoxide rings is 1. The fourth-order valence-electron chi connectivity index (χ4n) is 1.98. The number of hydrogen-bond acceptors (Lipinski definition) is 3. The molecule has 1 atom stereocenters. The van der Waals surface area contributed by atoms with Crippen molar-refractivity contribution in [2.75, 3.05) is 31.7 Å². The van der Waals surface area contributed by atoms with Crippen molar-refractivity contribution in [2.45, 2.75) is 20.0 Å². The minimum Gasteiger partial charge on any atom is -0.496 e. The van der Waals surface area contributed by atoms with Crippen molar-refractivity contribution in [1.29, 1.82) is 0 Å². The van der Waals surface area contributed by atoms with Gasteiger partial charge in [-0.2, -0.15) is 0 Å². The summed E-state index contributed by atoms with van der Waals surface area (Å²) in [4.78, 5) is 2.31. The quantitative estimate of drug-likeness (QED) is 0.714. The van der Waals surface area contributed by atoms with Gasteiger partial charge >= 0.3 is 0 Å². The van der Waals surface area contributed by atoms with E-state index < -0.39 is 0 Å². The summed E-state index contributed by atoms with van der Waals surface area (Å²) in [6.45, 7) is 7.17. The smallest absolute Gasteiger partial charge is 0.126 e. The Hall–Kier alpha value is -1.22. The van der Waals surface area contributed by atoms with Gasteiger partial charge in [0.15, 0.2) is 0 Å². The molecule has 0 saturated carbocycles. The average Bonchev–Trinajstić information content (AvgIpc) is 3.14. The minimum atomic E-state index is 0.251. The number of methoxy groups -OCH3 is 1. The van der Waals surface area contributed by atoms with Gasteiger partial charge in [0.25, 0.3) is 0 Å². The van der Waals surface area contributed by atoms with Crippen LogP contribution in [-0.4, -0.2) is 26.8 Å². The molecule has 88 valence electrons. The zero-order valence-corrected chi connectivity index (χ0v) is 10.2. The highest BCUT2D eigenvalue weighted by molar-refractivity contribution is 5.54. The van der Waals surface area contributed by atoms with Gasteiger partial charge in [0.2, 0.25) is 0 Å². The first kappa shape index (κ1) is 11.3. The Labute approximate surface area is 97.0 Å². The number of benzene rings is 1. The summed E-state index contributed by atoms with van der Waals surface area (Å²) in [6, 6.07) is 6.36. The van der Waals surface area contributed by atoms with Crippen LogP contribution >= 0.6 is 0 Å². The fraction of sp³-hybridized carbons (Fsp3) is 0.538. The van der Waals surface area contributed by atoms with Crippen LogP contribution in [0.4, 0.5) is 5.69 Å². The van der Waals surface area contributed by atoms with Crippen molar-refractivity contribution >= 4 is 5.69 Å². The van der Waals surface area contributed by atoms with Gasteiger partial charge in [0.1, 0.15) is 11.9 Å². The lowest BCUT2D eigenvalue weighted by atomic mass is 10.1. The van der Waals surface area contributed by atoms with Crippen molar-refractivity contribution in [1.82, 2.24) is 0 Å². The molecule has 0 radical (unpaired) electrons. The van der Waals surface area contributed by atoms with Crippen LogP contribution in [0, 0.1) is 0 Å². The highest BCUT2D eigenvalue weighted by Gasteiger charge is 2.28. The number of ether oxygens (including phenoxy) is 2. The van der Waals surface area contributed by atoms with Crippen molar-refractivity contribution in [3.05, 3.63) is 23.8 Å². The molecule has 0 bridgehead atoms. The SMILES string of the molecule is CCN(CC)c1ccc(C2CO2)c(OC)c1. The third-order valence-corrected chi connectivity index (χ3v) is 3.03. The Balaban J connectivity index is 2.28. The van der Waals surface area contributed by atoms with E-state index in [-0.39, 0.29) is 6.10 Å². The molecule has 1 saturated heterocycles. The monoisotopic (exact) mass is 221 g/mol. The molecule has 1 aromatic carbocycles. The van der Waals surface area contributed by atoms with Crippen molar-refractivity contribution in [2.24, 2.45) is 0 Å². The summed E-state index contributed by atoms with van der Waals surface area (Å²) in [5.41, 5.74) is 2.38. The molecule has 0 aromatic heterocycles. The second kappa shape index (κ2) is 4.74.